The van der Waals surface area contributed by atoms with Gasteiger partial charge in [0, 0.05) is 17.3 Å². The molecule has 0 spiro atoms. The minimum atomic E-state index is -0.390. The van der Waals surface area contributed by atoms with E-state index in [2.05, 4.69) is 10.3 Å². The molecule has 1 N–H and O–H groups in total. The van der Waals surface area contributed by atoms with E-state index in [1.165, 1.54) is 0 Å². The van der Waals surface area contributed by atoms with Crippen molar-refractivity contribution in [1.29, 1.82) is 0 Å². The third-order valence-corrected chi connectivity index (χ3v) is 6.29. The largest absolute Gasteiger partial charge is 0.493 e. The fraction of sp³-hybridized carbons (Fsp3) is 0.320. The first-order valence-electron chi connectivity index (χ1n) is 10.8. The van der Waals surface area contributed by atoms with Crippen molar-refractivity contribution in [1.82, 2.24) is 10.3 Å². The number of thioether (sulfide) groups is 1. The van der Waals surface area contributed by atoms with Crippen LogP contribution in [0.25, 0.3) is 11.5 Å². The van der Waals surface area contributed by atoms with Crippen molar-refractivity contribution in [2.75, 3.05) is 7.11 Å². The highest BCUT2D eigenvalue weighted by Gasteiger charge is 2.30. The molecule has 0 bridgehead atoms. The summed E-state index contributed by atoms with van der Waals surface area (Å²) in [4.78, 5) is 27.7. The molecule has 1 aromatic heterocycles. The Bertz CT molecular complexity index is 1140. The molecule has 0 radical (unpaired) electrons. The van der Waals surface area contributed by atoms with Crippen molar-refractivity contribution in [3.63, 3.8) is 0 Å². The van der Waals surface area contributed by atoms with Crippen molar-refractivity contribution >= 4 is 22.1 Å². The van der Waals surface area contributed by atoms with E-state index >= 15 is 0 Å². The van der Waals surface area contributed by atoms with E-state index in [0.717, 1.165) is 41.4 Å². The summed E-state index contributed by atoms with van der Waals surface area (Å²) in [5, 5.41) is 2.33. The molecule has 7 nitrogen and oxygen atoms in total. The fourth-order valence-electron chi connectivity index (χ4n) is 3.79. The predicted molar refractivity (Wildman–Crippen MR) is 127 cm³/mol. The van der Waals surface area contributed by atoms with Gasteiger partial charge in [-0.05, 0) is 62.9 Å². The summed E-state index contributed by atoms with van der Waals surface area (Å²) >= 11 is 0.750. The lowest BCUT2D eigenvalue weighted by molar-refractivity contribution is -0.112. The van der Waals surface area contributed by atoms with Crippen LogP contribution in [-0.4, -0.2) is 28.5 Å². The van der Waals surface area contributed by atoms with Gasteiger partial charge in [0.2, 0.25) is 11.0 Å². The molecule has 172 valence electrons. The number of nitrogens with zero attached hydrogens (tertiary/aromatic N) is 1. The number of aryl methyl sites for hydroxylation is 2. The number of amides is 1. The molecule has 0 saturated carbocycles. The number of oxazole rings is 1. The molecule has 2 unspecified atom stereocenters. The summed E-state index contributed by atoms with van der Waals surface area (Å²) in [6.45, 7) is 3.81. The van der Waals surface area contributed by atoms with E-state index < -0.39 is 0 Å². The molecule has 1 aliphatic rings. The number of carbonyl (C=O) groups is 2. The zero-order chi connectivity index (χ0) is 23.4. The maximum atomic E-state index is 11.7. The van der Waals surface area contributed by atoms with Gasteiger partial charge >= 0.3 is 0 Å². The standard InChI is InChI=1S/C25H26N2O5S/c1-15(22-16(2)32-23(27-22)18-9-5-4-6-10-18)31-20-13-12-17(14-21(20)30-3)8-7-11-19-24(28)33-25(29)26-19/h4-6,9-10,12-15,19H,7-8,11H2,1-3H3,(H,26,29). The highest BCUT2D eigenvalue weighted by Crippen LogP contribution is 2.34. The predicted octanol–water partition coefficient (Wildman–Crippen LogP) is 5.47. The monoisotopic (exact) mass is 466 g/mol. The Morgan fingerprint density at radius 3 is 2.64 bits per heavy atom. The number of nitrogens with one attached hydrogen (secondary N) is 1. The van der Waals surface area contributed by atoms with E-state index in [4.69, 9.17) is 13.9 Å². The SMILES string of the molecule is COc1cc(CCCC2NC(=O)SC2=O)ccc1OC(C)c1nc(-c2ccccc2)oc1C. The molecule has 33 heavy (non-hydrogen) atoms. The third-order valence-electron chi connectivity index (χ3n) is 5.50. The van der Waals surface area contributed by atoms with Gasteiger partial charge in [-0.1, -0.05) is 24.3 Å². The Balaban J connectivity index is 1.40. The minimum absolute atomic E-state index is 0.103. The number of rotatable bonds is 9. The van der Waals surface area contributed by atoms with Crippen LogP contribution < -0.4 is 14.8 Å². The van der Waals surface area contributed by atoms with E-state index in [-0.39, 0.29) is 22.5 Å². The lowest BCUT2D eigenvalue weighted by Crippen LogP contribution is -2.28. The minimum Gasteiger partial charge on any atom is -0.493 e. The first kappa shape index (κ1) is 22.9. The van der Waals surface area contributed by atoms with Gasteiger partial charge < -0.3 is 19.2 Å². The van der Waals surface area contributed by atoms with Crippen molar-refractivity contribution in [3.8, 4) is 23.0 Å². The molecule has 2 aromatic carbocycles. The molecule has 0 aliphatic carbocycles. The average molecular weight is 467 g/mol. The molecule has 1 saturated heterocycles. The van der Waals surface area contributed by atoms with Gasteiger partial charge in [0.25, 0.3) is 5.24 Å². The molecule has 2 heterocycles. The Hall–Kier alpha value is -3.26. The highest BCUT2D eigenvalue weighted by atomic mass is 32.2. The van der Waals surface area contributed by atoms with Crippen LogP contribution in [0.1, 0.15) is 42.9 Å². The molecular formula is C25H26N2O5S. The zero-order valence-corrected chi connectivity index (χ0v) is 19.6. The Labute approximate surface area is 196 Å². The number of methoxy groups -OCH3 is 1. The number of hydrogen-bond donors (Lipinski definition) is 1. The average Bonchev–Trinajstić information content (AvgIpc) is 3.36. The van der Waals surface area contributed by atoms with Gasteiger partial charge in [0.05, 0.1) is 13.2 Å². The zero-order valence-electron chi connectivity index (χ0n) is 18.8. The van der Waals surface area contributed by atoms with Crippen molar-refractivity contribution in [2.45, 2.75) is 45.3 Å². The van der Waals surface area contributed by atoms with Crippen molar-refractivity contribution in [3.05, 3.63) is 65.5 Å². The van der Waals surface area contributed by atoms with Gasteiger partial charge in [-0.25, -0.2) is 4.98 Å². The molecule has 1 fully saturated rings. The van der Waals surface area contributed by atoms with Crippen molar-refractivity contribution < 1.29 is 23.5 Å². The quantitative estimate of drug-likeness (QED) is 0.447. The normalized spacial score (nSPS) is 16.5. The number of hydrogen-bond acceptors (Lipinski definition) is 7. The third kappa shape index (κ3) is 5.39. The Morgan fingerprint density at radius 2 is 1.94 bits per heavy atom. The molecule has 3 aromatic rings. The van der Waals surface area contributed by atoms with E-state index in [1.54, 1.807) is 7.11 Å². The maximum absolute atomic E-state index is 11.7. The summed E-state index contributed by atoms with van der Waals surface area (Å²) in [5.41, 5.74) is 2.72. The van der Waals surface area contributed by atoms with Gasteiger partial charge in [-0.3, -0.25) is 9.59 Å². The highest BCUT2D eigenvalue weighted by molar-refractivity contribution is 8.26. The number of benzene rings is 2. The van der Waals surface area contributed by atoms with Crippen LogP contribution in [0.2, 0.25) is 0 Å². The lowest BCUT2D eigenvalue weighted by Gasteiger charge is -2.16. The summed E-state index contributed by atoms with van der Waals surface area (Å²) in [7, 11) is 1.61. The molecule has 2 atom stereocenters. The van der Waals surface area contributed by atoms with Crippen LogP contribution >= 0.6 is 11.8 Å². The fourth-order valence-corrected chi connectivity index (χ4v) is 4.50. The van der Waals surface area contributed by atoms with Gasteiger partial charge in [0.1, 0.15) is 17.6 Å². The van der Waals surface area contributed by atoms with Crippen LogP contribution in [0, 0.1) is 6.92 Å². The first-order chi connectivity index (χ1) is 15.9. The number of carbonyl (C=O) groups excluding carboxylic acids is 2. The topological polar surface area (TPSA) is 90.7 Å². The second kappa shape index (κ2) is 10.1. The first-order valence-corrected chi connectivity index (χ1v) is 11.6. The van der Waals surface area contributed by atoms with E-state index in [1.807, 2.05) is 62.4 Å². The lowest BCUT2D eigenvalue weighted by atomic mass is 10.0. The number of aromatic nitrogens is 1. The van der Waals surface area contributed by atoms with Crippen LogP contribution in [0.4, 0.5) is 4.79 Å². The van der Waals surface area contributed by atoms with Gasteiger partial charge in [-0.15, -0.1) is 0 Å². The molecule has 4 rings (SSSR count). The summed E-state index contributed by atoms with van der Waals surface area (Å²) in [6, 6.07) is 15.2. The smallest absolute Gasteiger partial charge is 0.287 e. The van der Waals surface area contributed by atoms with E-state index in [0.29, 0.717) is 29.6 Å². The Morgan fingerprint density at radius 1 is 1.15 bits per heavy atom. The molecular weight excluding hydrogens is 440 g/mol. The second-order valence-corrected chi connectivity index (χ2v) is 8.85. The summed E-state index contributed by atoms with van der Waals surface area (Å²) in [6.07, 6.45) is 1.82. The maximum Gasteiger partial charge on any atom is 0.287 e. The number of ether oxygens (including phenoxy) is 2. The molecule has 1 aliphatic heterocycles. The van der Waals surface area contributed by atoms with Gasteiger partial charge in [-0.2, -0.15) is 0 Å². The van der Waals surface area contributed by atoms with Crippen LogP contribution in [0.15, 0.2) is 52.9 Å². The Kier molecular flexibility index (Phi) is 7.03. The molecule has 1 amide bonds. The summed E-state index contributed by atoms with van der Waals surface area (Å²) < 4.78 is 17.6. The second-order valence-electron chi connectivity index (χ2n) is 7.87. The van der Waals surface area contributed by atoms with Gasteiger partial charge in [0.15, 0.2) is 11.5 Å². The summed E-state index contributed by atoms with van der Waals surface area (Å²) in [5.74, 6) is 2.52. The van der Waals surface area contributed by atoms with Crippen molar-refractivity contribution in [2.24, 2.45) is 0 Å². The van der Waals surface area contributed by atoms with Crippen LogP contribution in [0.5, 0.6) is 11.5 Å². The molecule has 8 heteroatoms. The van der Waals surface area contributed by atoms with Crippen LogP contribution in [0.3, 0.4) is 0 Å². The van der Waals surface area contributed by atoms with Crippen LogP contribution in [-0.2, 0) is 11.2 Å². The van der Waals surface area contributed by atoms with E-state index in [9.17, 15) is 9.59 Å².